The molecule has 44 heteroatoms. The molecule has 15 N–H and O–H groups in total. The summed E-state index contributed by atoms with van der Waals surface area (Å²) in [6.45, 7) is 1.50. The van der Waals surface area contributed by atoms with Gasteiger partial charge in [0.15, 0.2) is 6.29 Å². The molecule has 2 saturated heterocycles. The van der Waals surface area contributed by atoms with Crippen molar-refractivity contribution in [1.82, 2.24) is 5.32 Å². The van der Waals surface area contributed by atoms with E-state index in [2.05, 4.69) is 9.84 Å². The van der Waals surface area contributed by atoms with E-state index in [1.807, 2.05) is 0 Å². The minimum absolute atomic E-state index is 0.00157. The topological polar surface area (TPSA) is 564 Å². The number of hydrogen-bond donors (Lipinski definition) is 15. The molecule has 24 atom stereocenters. The van der Waals surface area contributed by atoms with E-state index < -0.39 is 174 Å². The molecule has 2 saturated carbocycles. The summed E-state index contributed by atoms with van der Waals surface area (Å²) in [7, 11) is -22.4. The summed E-state index contributed by atoms with van der Waals surface area (Å²) >= 11 is 0. The van der Waals surface area contributed by atoms with E-state index in [0.29, 0.717) is 90.1 Å². The predicted octanol–water partition coefficient (Wildman–Crippen LogP) is 3.19. The van der Waals surface area contributed by atoms with Crippen molar-refractivity contribution in [3.8, 4) is 0 Å². The number of phosphoric ester groups is 5. The van der Waals surface area contributed by atoms with Crippen LogP contribution in [0.15, 0.2) is 0 Å². The van der Waals surface area contributed by atoms with Gasteiger partial charge in [-0.3, -0.25) is 50.0 Å². The van der Waals surface area contributed by atoms with Crippen LogP contribution < -0.4 is 5.32 Å². The van der Waals surface area contributed by atoms with Crippen LogP contribution in [0.4, 0.5) is 0 Å². The number of hydrogen-bond acceptors (Lipinski definition) is 33. The molecule has 2 heterocycles. The molecule has 0 bridgehead atoms. The fourth-order valence-corrected chi connectivity index (χ4v) is 16.2. The third kappa shape index (κ3) is 38.3. The highest BCUT2D eigenvalue weighted by Crippen LogP contribution is 2.50. The number of amides is 1. The van der Waals surface area contributed by atoms with E-state index >= 15 is 0 Å². The van der Waals surface area contributed by atoms with Crippen LogP contribution in [0.25, 0.3) is 0 Å². The van der Waals surface area contributed by atoms with Gasteiger partial charge in [-0.1, -0.05) is 52.4 Å². The van der Waals surface area contributed by atoms with Crippen molar-refractivity contribution in [2.75, 3.05) is 139 Å². The summed E-state index contributed by atoms with van der Waals surface area (Å²) in [4.78, 5) is 64.3. The highest BCUT2D eigenvalue weighted by molar-refractivity contribution is 7.48. The first-order valence-electron chi connectivity index (χ1n) is 36.7. The van der Waals surface area contributed by atoms with Gasteiger partial charge >= 0.3 is 39.1 Å². The fourth-order valence-electron chi connectivity index (χ4n) is 12.3. The van der Waals surface area contributed by atoms with Crippen molar-refractivity contribution in [2.45, 2.75) is 229 Å². The van der Waals surface area contributed by atoms with Crippen LogP contribution in [-0.4, -0.2) is 301 Å². The van der Waals surface area contributed by atoms with E-state index in [-0.39, 0.29) is 143 Å². The minimum Gasteiger partial charge on any atom is -0.396 e. The van der Waals surface area contributed by atoms with Crippen molar-refractivity contribution in [3.63, 3.8) is 0 Å². The largest absolute Gasteiger partial charge is 0.472 e. The molecule has 0 aromatic carbocycles. The second-order valence-corrected chi connectivity index (χ2v) is 34.9. The molecule has 13 unspecified atom stereocenters. The Morgan fingerprint density at radius 1 is 0.411 bits per heavy atom. The van der Waals surface area contributed by atoms with Crippen molar-refractivity contribution < 1.29 is 181 Å². The SMILES string of the molecule is COP(=O)(O)OC1C[C@H](C)O[C@@H]1COP(=O)(O)OCC(COCCCOP(=O)(O)OCCCCCCO[C@@H]1OC(CO)[C@H](O)[C@H](O)C1C)(COCCCOP(=O)(O)OCCCCCCO[C@@H]1CC(CO)[C@H](O)[C@H](O)C1C)COCCCOP(=O)(O)OCCCCCCO[C@@H]1CC(CO)[C@H](O)[C@H](O)C1NC(C)=O. The lowest BCUT2D eigenvalue weighted by molar-refractivity contribution is -0.282. The number of nitrogens with one attached hydrogen (secondary N) is 1. The number of ether oxygens (including phenoxy) is 8. The van der Waals surface area contributed by atoms with Crippen molar-refractivity contribution in [3.05, 3.63) is 0 Å². The highest BCUT2D eigenvalue weighted by Gasteiger charge is 2.47. The quantitative estimate of drug-likeness (QED) is 0.0307. The van der Waals surface area contributed by atoms with E-state index in [9.17, 15) is 98.0 Å². The maximum Gasteiger partial charge on any atom is 0.472 e. The number of carbonyl (C=O) groups is 1. The van der Waals surface area contributed by atoms with Gasteiger partial charge in [-0.05, 0) is 77.6 Å². The van der Waals surface area contributed by atoms with Gasteiger partial charge < -0.3 is 114 Å². The molecule has 1 amide bonds. The van der Waals surface area contributed by atoms with Crippen LogP contribution in [0.5, 0.6) is 0 Å². The Balaban J connectivity index is 1.33. The molecule has 107 heavy (non-hydrogen) atoms. The molecule has 2 aliphatic heterocycles. The summed E-state index contributed by atoms with van der Waals surface area (Å²) < 4.78 is 163. The first-order valence-corrected chi connectivity index (χ1v) is 44.2. The van der Waals surface area contributed by atoms with E-state index in [1.165, 1.54) is 6.92 Å². The highest BCUT2D eigenvalue weighted by atomic mass is 31.2. The zero-order valence-corrected chi connectivity index (χ0v) is 66.5. The summed E-state index contributed by atoms with van der Waals surface area (Å²) in [5.41, 5.74) is -1.55. The van der Waals surface area contributed by atoms with Crippen LogP contribution >= 0.6 is 39.1 Å². The summed E-state index contributed by atoms with van der Waals surface area (Å²) in [5, 5.41) is 93.3. The van der Waals surface area contributed by atoms with Crippen molar-refractivity contribution in [2.24, 2.45) is 29.1 Å². The second kappa shape index (κ2) is 51.4. The average Bonchev–Trinajstić information content (AvgIpc) is 1.36. The molecule has 634 valence electrons. The number of carbonyl (C=O) groups excluding carboxylic acids is 1. The van der Waals surface area contributed by atoms with E-state index in [1.54, 1.807) is 20.8 Å². The van der Waals surface area contributed by atoms with Crippen LogP contribution in [-0.2, 0) is 111 Å². The molecular formula is C63H124NO38P5. The maximum atomic E-state index is 13.7. The average molecular weight is 1660 g/mol. The Hall–Kier alpha value is -0.660. The summed E-state index contributed by atoms with van der Waals surface area (Å²) in [5.74, 6) is -2.45. The third-order valence-electron chi connectivity index (χ3n) is 18.6. The molecule has 0 radical (unpaired) electrons. The van der Waals surface area contributed by atoms with Crippen LogP contribution in [0.1, 0.15) is 143 Å². The van der Waals surface area contributed by atoms with Crippen LogP contribution in [0.3, 0.4) is 0 Å². The van der Waals surface area contributed by atoms with Crippen LogP contribution in [0, 0.1) is 29.1 Å². The van der Waals surface area contributed by atoms with Gasteiger partial charge in [0.1, 0.15) is 30.5 Å². The molecule has 39 nitrogen and oxygen atoms in total. The Labute approximate surface area is 626 Å². The summed E-state index contributed by atoms with van der Waals surface area (Å²) in [6, 6.07) is -0.883. The Bertz CT molecular complexity index is 2580. The lowest BCUT2D eigenvalue weighted by Gasteiger charge is -2.42. The molecule has 4 fully saturated rings. The monoisotopic (exact) mass is 1660 g/mol. The molecule has 0 spiro atoms. The molecule has 2 aliphatic carbocycles. The second-order valence-electron chi connectivity index (χ2n) is 27.6. The zero-order chi connectivity index (χ0) is 79.3. The van der Waals surface area contributed by atoms with Gasteiger partial charge in [-0.2, -0.15) is 0 Å². The van der Waals surface area contributed by atoms with Gasteiger partial charge in [-0.15, -0.1) is 0 Å². The third-order valence-corrected chi connectivity index (χ3v) is 23.6. The normalized spacial score (nSPS) is 31.3. The summed E-state index contributed by atoms with van der Waals surface area (Å²) in [6.07, 6.45) is -5.47. The minimum atomic E-state index is -5.10. The van der Waals surface area contributed by atoms with E-state index in [4.69, 9.17) is 78.6 Å². The van der Waals surface area contributed by atoms with Crippen molar-refractivity contribution in [1.29, 1.82) is 0 Å². The number of phosphoric acid groups is 5. The van der Waals surface area contributed by atoms with Gasteiger partial charge in [0.05, 0.1) is 133 Å². The standard InChI is InChI=1S/C63H124NO38P5/c1-44-33-51(102-103(75,76)85-5)54(100-44)39-98-107(83,84)99-43-63(40-86-21-18-30-95-104(77,78)92-27-15-9-6-12-24-89-50-34-48(36-65)58(71)56(69)45(50)2,42-88-23-20-32-97-106(81,82)94-29-17-11-8-14-26-91-62-46(3)57(70)60(73)53(38-67)101-62)41-87-22-19-31-96-105(79,80)93-28-16-10-7-13-25-90-52-35-49(37-66)59(72)61(74)55(52)64-47(4)68/h44-46,48-62,65-67,69-74H,6-43H2,1-5H3,(H,64,68)(H,75,76)(H,77,78)(H,79,80)(H,81,82)(H,83,84)/t44-,45?,46?,48?,49?,50+,51?,52+,53?,54+,55?,56+,57+,58-,59-,60-,61+,62+,63?/m0/s1. The van der Waals surface area contributed by atoms with Crippen LogP contribution in [0.2, 0.25) is 0 Å². The Kier molecular flexibility index (Phi) is 47.4. The molecule has 0 aromatic rings. The molecular weight excluding hydrogens is 1530 g/mol. The predicted molar refractivity (Wildman–Crippen MR) is 375 cm³/mol. The van der Waals surface area contributed by atoms with Gasteiger partial charge in [-0.25, -0.2) is 22.8 Å². The number of aliphatic hydroxyl groups is 9. The molecule has 4 rings (SSSR count). The van der Waals surface area contributed by atoms with Gasteiger partial charge in [0.25, 0.3) is 0 Å². The lowest BCUT2D eigenvalue weighted by Crippen LogP contribution is -2.61. The zero-order valence-electron chi connectivity index (χ0n) is 62.1. The van der Waals surface area contributed by atoms with Crippen molar-refractivity contribution >= 4 is 45.0 Å². The number of unbranched alkanes of at least 4 members (excludes halogenated alkanes) is 9. The van der Waals surface area contributed by atoms with Gasteiger partial charge in [0.2, 0.25) is 5.91 Å². The first kappa shape index (κ1) is 98.7. The number of rotatable bonds is 61. The Morgan fingerprint density at radius 3 is 1.25 bits per heavy atom. The van der Waals surface area contributed by atoms with Gasteiger partial charge in [0, 0.05) is 97.0 Å². The number of aliphatic hydroxyl groups excluding tert-OH is 9. The molecule has 4 aliphatic rings. The Morgan fingerprint density at radius 2 is 0.813 bits per heavy atom. The van der Waals surface area contributed by atoms with E-state index in [0.717, 1.165) is 7.11 Å². The smallest absolute Gasteiger partial charge is 0.396 e. The maximum absolute atomic E-state index is 13.7. The fraction of sp³-hybridized carbons (Fsp3) is 0.984. The molecule has 0 aromatic heterocycles. The first-order chi connectivity index (χ1) is 50.6. The lowest BCUT2D eigenvalue weighted by atomic mass is 9.77.